The van der Waals surface area contributed by atoms with Gasteiger partial charge in [-0.15, -0.1) is 22.7 Å². The lowest BCUT2D eigenvalue weighted by Gasteiger charge is -2.10. The average Bonchev–Trinajstić information content (AvgIpc) is 3.91. The first-order chi connectivity index (χ1) is 27.4. The summed E-state index contributed by atoms with van der Waals surface area (Å²) >= 11 is 3.34. The van der Waals surface area contributed by atoms with Crippen LogP contribution < -0.4 is 0 Å². The monoisotopic (exact) mass is 691 g/mol. The Kier molecular flexibility index (Phi) is 5.25. The van der Waals surface area contributed by atoms with Gasteiger partial charge in [-0.2, -0.15) is 0 Å². The van der Waals surface area contributed by atoms with Crippen LogP contribution in [0.15, 0.2) is 158 Å². The van der Waals surface area contributed by atoms with E-state index in [4.69, 9.17) is 21.8 Å². The summed E-state index contributed by atoms with van der Waals surface area (Å²) in [5, 5.41) is 6.61. The van der Waals surface area contributed by atoms with Crippen molar-refractivity contribution in [2.75, 3.05) is 0 Å². The maximum absolute atomic E-state index is 8.85. The van der Waals surface area contributed by atoms with Gasteiger partial charge in [-0.1, -0.05) is 109 Å². The number of hydrogen-bond donors (Lipinski definition) is 0. The fourth-order valence-electron chi connectivity index (χ4n) is 7.35. The van der Waals surface area contributed by atoms with E-state index >= 15 is 0 Å². The summed E-state index contributed by atoms with van der Waals surface area (Å²) in [6.07, 6.45) is 0. The van der Waals surface area contributed by atoms with Crippen LogP contribution >= 0.6 is 22.7 Å². The SMILES string of the molecule is [2H]c1c([2H])c([2H])c(-c2nc(-c3cccc4c3sc3ccc(-n5c6ccccc6c6ccccc65)cc34)nc(-c3cccc4sc5ccccc5c34)n2)c([2H])c1[2H]. The smallest absolute Gasteiger partial charge is 0.165 e. The molecule has 0 spiro atoms. The second-order valence-corrected chi connectivity index (χ2v) is 14.6. The Bertz CT molecular complexity index is 3380. The molecule has 0 fully saturated rings. The first-order valence-electron chi connectivity index (χ1n) is 19.0. The Labute approximate surface area is 307 Å². The first kappa shape index (κ1) is 24.0. The van der Waals surface area contributed by atoms with Crippen LogP contribution in [0.5, 0.6) is 0 Å². The molecule has 238 valence electrons. The Balaban J connectivity index is 1.17. The predicted molar refractivity (Wildman–Crippen MR) is 216 cm³/mol. The molecule has 0 atom stereocenters. The second kappa shape index (κ2) is 11.2. The lowest BCUT2D eigenvalue weighted by Crippen LogP contribution is -2.00. The van der Waals surface area contributed by atoms with Crippen molar-refractivity contribution >= 4 is 84.8 Å². The Morgan fingerprint density at radius 3 is 1.88 bits per heavy atom. The van der Waals surface area contributed by atoms with Gasteiger partial charge in [0.05, 0.1) is 17.9 Å². The fraction of sp³-hybridized carbons (Fsp3) is 0. The van der Waals surface area contributed by atoms with Crippen LogP contribution in [0.3, 0.4) is 0 Å². The molecular formula is C45H26N4S2. The third-order valence-electron chi connectivity index (χ3n) is 9.56. The largest absolute Gasteiger partial charge is 0.309 e. The summed E-state index contributed by atoms with van der Waals surface area (Å²) in [4.78, 5) is 15.0. The molecule has 0 bridgehead atoms. The van der Waals surface area contributed by atoms with Gasteiger partial charge in [0.15, 0.2) is 17.5 Å². The van der Waals surface area contributed by atoms with Crippen LogP contribution in [0.25, 0.3) is 102 Å². The van der Waals surface area contributed by atoms with Gasteiger partial charge in [-0.25, -0.2) is 15.0 Å². The highest BCUT2D eigenvalue weighted by molar-refractivity contribution is 7.26. The standard InChI is InChI=1S/C45H26N4S2/c1-2-12-27(13-3-1)43-46-44(33-18-11-23-40-41(33)32-16-6-9-22-38(32)50-40)48-45(47-43)34-19-10-17-31-35-26-28(24-25-39(35)51-42(31)34)49-36-20-7-4-14-29(36)30-15-5-8-21-37(30)49/h1-26H/i1D,2D,3D,12D,13D. The number of nitrogens with zero attached hydrogens (tertiary/aromatic N) is 4. The lowest BCUT2D eigenvalue weighted by atomic mass is 10.0. The number of hydrogen-bond acceptors (Lipinski definition) is 5. The number of thiophene rings is 2. The van der Waals surface area contributed by atoms with Gasteiger partial charge in [-0.3, -0.25) is 0 Å². The van der Waals surface area contributed by atoms with E-state index in [1.807, 2.05) is 36.4 Å². The van der Waals surface area contributed by atoms with Gasteiger partial charge in [0, 0.05) is 73.5 Å². The summed E-state index contributed by atoms with van der Waals surface area (Å²) in [6.45, 7) is 0. The molecule has 0 aliphatic carbocycles. The molecule has 0 amide bonds. The average molecular weight is 692 g/mol. The fourth-order valence-corrected chi connectivity index (χ4v) is 9.68. The van der Waals surface area contributed by atoms with E-state index in [-0.39, 0.29) is 23.5 Å². The maximum atomic E-state index is 8.85. The maximum Gasteiger partial charge on any atom is 0.165 e. The molecule has 0 saturated heterocycles. The molecule has 4 nitrogen and oxygen atoms in total. The van der Waals surface area contributed by atoms with Gasteiger partial charge in [0.1, 0.15) is 0 Å². The molecule has 0 N–H and O–H groups in total. The third kappa shape index (κ3) is 4.40. The number of rotatable bonds is 4. The van der Waals surface area contributed by atoms with Gasteiger partial charge in [0.25, 0.3) is 0 Å². The molecule has 51 heavy (non-hydrogen) atoms. The number of benzene rings is 7. The molecular weight excluding hydrogens is 661 g/mol. The van der Waals surface area contributed by atoms with Crippen LogP contribution in [0.4, 0.5) is 0 Å². The summed E-state index contributed by atoms with van der Waals surface area (Å²) in [5.41, 5.74) is 4.81. The van der Waals surface area contributed by atoms with Crippen molar-refractivity contribution in [2.24, 2.45) is 0 Å². The van der Waals surface area contributed by atoms with E-state index in [0.29, 0.717) is 11.6 Å². The van der Waals surface area contributed by atoms with Gasteiger partial charge in [-0.05, 0) is 48.5 Å². The Morgan fingerprint density at radius 1 is 0.471 bits per heavy atom. The van der Waals surface area contributed by atoms with Crippen molar-refractivity contribution in [2.45, 2.75) is 0 Å². The molecule has 0 radical (unpaired) electrons. The minimum absolute atomic E-state index is 0.0188. The molecule has 11 rings (SSSR count). The molecule has 0 aliphatic rings. The van der Waals surface area contributed by atoms with Gasteiger partial charge < -0.3 is 4.57 Å². The van der Waals surface area contributed by atoms with E-state index in [1.165, 1.54) is 10.8 Å². The van der Waals surface area contributed by atoms with E-state index in [0.717, 1.165) is 68.2 Å². The minimum Gasteiger partial charge on any atom is -0.309 e. The zero-order valence-corrected chi connectivity index (χ0v) is 28.4. The van der Waals surface area contributed by atoms with Crippen LogP contribution in [0, 0.1) is 0 Å². The van der Waals surface area contributed by atoms with Gasteiger partial charge in [0.2, 0.25) is 0 Å². The highest BCUT2D eigenvalue weighted by Crippen LogP contribution is 2.43. The summed E-state index contributed by atoms with van der Waals surface area (Å²) < 4.78 is 49.4. The molecule has 7 aromatic carbocycles. The van der Waals surface area contributed by atoms with E-state index in [9.17, 15) is 0 Å². The Morgan fingerprint density at radius 2 is 1.08 bits per heavy atom. The molecule has 0 saturated carbocycles. The first-order valence-corrected chi connectivity index (χ1v) is 18.2. The highest BCUT2D eigenvalue weighted by Gasteiger charge is 2.20. The van der Waals surface area contributed by atoms with Crippen molar-refractivity contribution in [1.29, 1.82) is 0 Å². The third-order valence-corrected chi connectivity index (χ3v) is 11.9. The van der Waals surface area contributed by atoms with Crippen LogP contribution in [0.2, 0.25) is 0 Å². The zero-order valence-electron chi connectivity index (χ0n) is 31.7. The lowest BCUT2D eigenvalue weighted by molar-refractivity contribution is 1.08. The van der Waals surface area contributed by atoms with Crippen molar-refractivity contribution in [3.63, 3.8) is 0 Å². The van der Waals surface area contributed by atoms with E-state index in [2.05, 4.69) is 95.6 Å². The number of aromatic nitrogens is 4. The molecule has 4 heterocycles. The molecule has 11 aromatic rings. The van der Waals surface area contributed by atoms with Crippen molar-refractivity contribution in [1.82, 2.24) is 19.5 Å². The van der Waals surface area contributed by atoms with Crippen LogP contribution in [-0.2, 0) is 0 Å². The van der Waals surface area contributed by atoms with Crippen molar-refractivity contribution in [3.8, 4) is 39.9 Å². The highest BCUT2D eigenvalue weighted by atomic mass is 32.1. The molecule has 0 unspecified atom stereocenters. The van der Waals surface area contributed by atoms with Crippen LogP contribution in [0.1, 0.15) is 6.85 Å². The normalized spacial score (nSPS) is 13.3. The topological polar surface area (TPSA) is 43.6 Å². The molecule has 4 aromatic heterocycles. The molecule has 6 heteroatoms. The minimum atomic E-state index is -0.469. The van der Waals surface area contributed by atoms with Crippen LogP contribution in [-0.4, -0.2) is 19.5 Å². The van der Waals surface area contributed by atoms with Crippen molar-refractivity contribution in [3.05, 3.63) is 158 Å². The zero-order chi connectivity index (χ0) is 37.8. The Hall–Kier alpha value is -6.21. The quantitative estimate of drug-likeness (QED) is 0.184. The summed E-state index contributed by atoms with van der Waals surface area (Å²) in [5.74, 6) is 0.733. The number of para-hydroxylation sites is 2. The van der Waals surface area contributed by atoms with E-state index in [1.54, 1.807) is 22.7 Å². The van der Waals surface area contributed by atoms with E-state index < -0.39 is 18.1 Å². The number of fused-ring (bicyclic) bond motifs is 9. The predicted octanol–water partition coefficient (Wildman–Crippen LogP) is 12.7. The second-order valence-electron chi connectivity index (χ2n) is 12.4. The summed E-state index contributed by atoms with van der Waals surface area (Å²) in [7, 11) is 0. The van der Waals surface area contributed by atoms with Gasteiger partial charge >= 0.3 is 0 Å². The summed E-state index contributed by atoms with van der Waals surface area (Å²) in [6, 6.07) is 41.8. The van der Waals surface area contributed by atoms with Crippen molar-refractivity contribution < 1.29 is 6.85 Å². The molecule has 0 aliphatic heterocycles.